The zero-order valence-corrected chi connectivity index (χ0v) is 10.4. The number of hydrogen-bond donors (Lipinski definition) is 0. The van der Waals surface area contributed by atoms with Crippen molar-refractivity contribution in [1.29, 1.82) is 0 Å². The average molecular weight is 293 g/mol. The van der Waals surface area contributed by atoms with E-state index in [9.17, 15) is 4.79 Å². The molecule has 86 valence electrons. The van der Waals surface area contributed by atoms with Crippen LogP contribution < -0.4 is 0 Å². The smallest absolute Gasteiger partial charge is 0.359 e. The Balaban J connectivity index is 1.98. The van der Waals surface area contributed by atoms with E-state index in [0.29, 0.717) is 4.47 Å². The Morgan fingerprint density at radius 3 is 2.76 bits per heavy atom. The summed E-state index contributed by atoms with van der Waals surface area (Å²) in [6.07, 6.45) is 1.51. The summed E-state index contributed by atoms with van der Waals surface area (Å²) in [4.78, 5) is 11.6. The molecule has 4 nitrogen and oxygen atoms in total. The minimum atomic E-state index is -0.484. The zero-order chi connectivity index (χ0) is 12.1. The van der Waals surface area contributed by atoms with Gasteiger partial charge in [0.05, 0.1) is 6.20 Å². The van der Waals surface area contributed by atoms with Crippen molar-refractivity contribution in [3.05, 3.63) is 58.3 Å². The van der Waals surface area contributed by atoms with E-state index in [1.54, 1.807) is 6.07 Å². The molecule has 0 N–H and O–H groups in total. The Morgan fingerprint density at radius 1 is 1.29 bits per heavy atom. The van der Waals surface area contributed by atoms with Crippen molar-refractivity contribution >= 4 is 21.9 Å². The number of nitrogens with zero attached hydrogens (tertiary/aromatic N) is 2. The molecule has 0 saturated carbocycles. The van der Waals surface area contributed by atoms with Gasteiger partial charge < -0.3 is 4.74 Å². The number of benzene rings is 1. The van der Waals surface area contributed by atoms with Crippen LogP contribution in [0.3, 0.4) is 0 Å². The van der Waals surface area contributed by atoms with Crippen LogP contribution in [0.1, 0.15) is 16.1 Å². The Labute approximate surface area is 107 Å². The molecule has 0 aliphatic carbocycles. The van der Waals surface area contributed by atoms with Crippen molar-refractivity contribution in [3.63, 3.8) is 0 Å². The van der Waals surface area contributed by atoms with Crippen LogP contribution in [-0.4, -0.2) is 16.2 Å². The highest BCUT2D eigenvalue weighted by molar-refractivity contribution is 9.10. The predicted octanol–water partition coefficient (Wildman–Crippen LogP) is 2.60. The molecule has 0 bridgehead atoms. The molecule has 0 spiro atoms. The molecule has 17 heavy (non-hydrogen) atoms. The van der Waals surface area contributed by atoms with Crippen molar-refractivity contribution < 1.29 is 9.53 Å². The van der Waals surface area contributed by atoms with Gasteiger partial charge in [-0.3, -0.25) is 0 Å². The van der Waals surface area contributed by atoms with E-state index >= 15 is 0 Å². The maximum atomic E-state index is 11.6. The number of aromatic nitrogens is 2. The highest BCUT2D eigenvalue weighted by Gasteiger charge is 2.09. The van der Waals surface area contributed by atoms with Crippen LogP contribution in [0.5, 0.6) is 0 Å². The van der Waals surface area contributed by atoms with Crippen LogP contribution in [0.4, 0.5) is 0 Å². The largest absolute Gasteiger partial charge is 0.456 e. The first-order chi connectivity index (χ1) is 8.25. The SMILES string of the molecule is O=C(OCc1ccccc1)c1cc(Br)cnn1. The van der Waals surface area contributed by atoms with Crippen molar-refractivity contribution in [3.8, 4) is 0 Å². The molecule has 2 aromatic rings. The molecule has 2 rings (SSSR count). The lowest BCUT2D eigenvalue weighted by molar-refractivity contribution is 0.0464. The van der Waals surface area contributed by atoms with Gasteiger partial charge in [-0.25, -0.2) is 4.79 Å². The van der Waals surface area contributed by atoms with Gasteiger partial charge in [-0.05, 0) is 27.6 Å². The van der Waals surface area contributed by atoms with Crippen LogP contribution in [0, 0.1) is 0 Å². The van der Waals surface area contributed by atoms with Crippen molar-refractivity contribution in [1.82, 2.24) is 10.2 Å². The second-order valence-electron chi connectivity index (χ2n) is 3.32. The van der Waals surface area contributed by atoms with Crippen LogP contribution in [0.25, 0.3) is 0 Å². The van der Waals surface area contributed by atoms with Crippen molar-refractivity contribution in [2.45, 2.75) is 6.61 Å². The fraction of sp³-hybridized carbons (Fsp3) is 0.0833. The number of halogens is 1. The molecule has 1 aromatic carbocycles. The number of hydrogen-bond acceptors (Lipinski definition) is 4. The number of ether oxygens (including phenoxy) is 1. The van der Waals surface area contributed by atoms with Crippen LogP contribution in [0.15, 0.2) is 47.1 Å². The molecule has 0 amide bonds. The van der Waals surface area contributed by atoms with E-state index in [2.05, 4.69) is 26.1 Å². The monoisotopic (exact) mass is 292 g/mol. The topological polar surface area (TPSA) is 52.1 Å². The number of rotatable bonds is 3. The number of esters is 1. The number of carbonyl (C=O) groups excluding carboxylic acids is 1. The van der Waals surface area contributed by atoms with Gasteiger partial charge in [0.25, 0.3) is 0 Å². The lowest BCUT2D eigenvalue weighted by Crippen LogP contribution is -2.08. The minimum Gasteiger partial charge on any atom is -0.456 e. The third kappa shape index (κ3) is 3.35. The first kappa shape index (κ1) is 11.7. The maximum absolute atomic E-state index is 11.6. The lowest BCUT2D eigenvalue weighted by Gasteiger charge is -2.03. The van der Waals surface area contributed by atoms with Gasteiger partial charge in [-0.1, -0.05) is 30.3 Å². The third-order valence-electron chi connectivity index (χ3n) is 2.04. The summed E-state index contributed by atoms with van der Waals surface area (Å²) in [5.74, 6) is -0.484. The molecular formula is C12H9BrN2O2. The zero-order valence-electron chi connectivity index (χ0n) is 8.84. The van der Waals surface area contributed by atoms with Gasteiger partial charge in [0.1, 0.15) is 6.61 Å². The summed E-state index contributed by atoms with van der Waals surface area (Å²) in [6, 6.07) is 11.0. The molecule has 5 heteroatoms. The molecule has 0 fully saturated rings. The fourth-order valence-electron chi connectivity index (χ4n) is 1.24. The van der Waals surface area contributed by atoms with Crippen LogP contribution in [0.2, 0.25) is 0 Å². The molecule has 0 aliphatic rings. The maximum Gasteiger partial charge on any atom is 0.359 e. The second kappa shape index (κ2) is 5.54. The molecule has 1 aromatic heterocycles. The Bertz CT molecular complexity index is 517. The normalized spacial score (nSPS) is 9.94. The molecule has 0 aliphatic heterocycles. The molecule has 0 unspecified atom stereocenters. The summed E-state index contributed by atoms with van der Waals surface area (Å²) in [5.41, 5.74) is 1.12. The summed E-state index contributed by atoms with van der Waals surface area (Å²) >= 11 is 3.22. The first-order valence-electron chi connectivity index (χ1n) is 4.95. The van der Waals surface area contributed by atoms with E-state index in [4.69, 9.17) is 4.74 Å². The summed E-state index contributed by atoms with van der Waals surface area (Å²) in [6.45, 7) is 0.230. The predicted molar refractivity (Wildman–Crippen MR) is 65.3 cm³/mol. The van der Waals surface area contributed by atoms with Gasteiger partial charge in [0.2, 0.25) is 0 Å². The van der Waals surface area contributed by atoms with Crippen molar-refractivity contribution in [2.24, 2.45) is 0 Å². The van der Waals surface area contributed by atoms with E-state index in [1.807, 2.05) is 30.3 Å². The standard InChI is InChI=1S/C12H9BrN2O2/c13-10-6-11(15-14-7-10)12(16)17-8-9-4-2-1-3-5-9/h1-7H,8H2. The Morgan fingerprint density at radius 2 is 2.06 bits per heavy atom. The van der Waals surface area contributed by atoms with Crippen LogP contribution in [-0.2, 0) is 11.3 Å². The van der Waals surface area contributed by atoms with E-state index < -0.39 is 5.97 Å². The molecule has 0 atom stereocenters. The van der Waals surface area contributed by atoms with E-state index in [1.165, 1.54) is 6.20 Å². The summed E-state index contributed by atoms with van der Waals surface area (Å²) in [5, 5.41) is 7.36. The van der Waals surface area contributed by atoms with Gasteiger partial charge in [0, 0.05) is 4.47 Å². The molecule has 1 heterocycles. The Kier molecular flexibility index (Phi) is 3.82. The van der Waals surface area contributed by atoms with E-state index in [0.717, 1.165) is 5.56 Å². The van der Waals surface area contributed by atoms with Crippen LogP contribution >= 0.6 is 15.9 Å². The molecular weight excluding hydrogens is 284 g/mol. The highest BCUT2D eigenvalue weighted by atomic mass is 79.9. The minimum absolute atomic E-state index is 0.190. The number of carbonyl (C=O) groups is 1. The fourth-order valence-corrected chi connectivity index (χ4v) is 1.55. The summed E-state index contributed by atoms with van der Waals surface area (Å²) < 4.78 is 5.80. The highest BCUT2D eigenvalue weighted by Crippen LogP contribution is 2.09. The van der Waals surface area contributed by atoms with E-state index in [-0.39, 0.29) is 12.3 Å². The van der Waals surface area contributed by atoms with Crippen molar-refractivity contribution in [2.75, 3.05) is 0 Å². The second-order valence-corrected chi connectivity index (χ2v) is 4.24. The lowest BCUT2D eigenvalue weighted by atomic mass is 10.2. The van der Waals surface area contributed by atoms with Gasteiger partial charge >= 0.3 is 5.97 Å². The van der Waals surface area contributed by atoms with Gasteiger partial charge in [-0.15, -0.1) is 5.10 Å². The van der Waals surface area contributed by atoms with Gasteiger partial charge in [-0.2, -0.15) is 5.10 Å². The molecule has 0 radical (unpaired) electrons. The van der Waals surface area contributed by atoms with Gasteiger partial charge in [0.15, 0.2) is 5.69 Å². The Hall–Kier alpha value is -1.75. The molecule has 0 saturated heterocycles. The quantitative estimate of drug-likeness (QED) is 0.816. The third-order valence-corrected chi connectivity index (χ3v) is 2.48. The summed E-state index contributed by atoms with van der Waals surface area (Å²) in [7, 11) is 0. The first-order valence-corrected chi connectivity index (χ1v) is 5.74. The average Bonchev–Trinajstić information content (AvgIpc) is 2.37.